The average molecular weight is 245 g/mol. The zero-order chi connectivity index (χ0) is 12.4. The van der Waals surface area contributed by atoms with Crippen molar-refractivity contribution >= 4 is 5.78 Å². The van der Waals surface area contributed by atoms with Gasteiger partial charge in [0.15, 0.2) is 5.78 Å². The molecule has 1 aromatic rings. The number of nitrogens with zero attached hydrogens (tertiary/aromatic N) is 1. The number of carbonyl (C=O) groups excluding carboxylic acids is 1. The second kappa shape index (κ2) is 5.21. The molecule has 18 heavy (non-hydrogen) atoms. The lowest BCUT2D eigenvalue weighted by atomic mass is 10.0. The number of Topliss-reactive ketones (excluding diaryl/α,β-unsaturated/α-hetero) is 1. The quantitative estimate of drug-likeness (QED) is 0.812. The van der Waals surface area contributed by atoms with Crippen LogP contribution in [0.2, 0.25) is 0 Å². The summed E-state index contributed by atoms with van der Waals surface area (Å²) in [7, 11) is 0. The molecule has 1 aromatic carbocycles. The topological polar surface area (TPSA) is 29.5 Å². The summed E-state index contributed by atoms with van der Waals surface area (Å²) in [5.74, 6) is 0.545. The van der Waals surface area contributed by atoms with E-state index in [0.717, 1.165) is 51.3 Å². The fraction of sp³-hybridized carbons (Fsp3) is 0.533. The summed E-state index contributed by atoms with van der Waals surface area (Å²) in [6, 6.07) is 8.03. The Morgan fingerprint density at radius 3 is 2.78 bits per heavy atom. The number of hydrogen-bond donors (Lipinski definition) is 0. The van der Waals surface area contributed by atoms with Gasteiger partial charge in [-0.3, -0.25) is 9.69 Å². The molecule has 1 saturated heterocycles. The number of rotatable bonds is 3. The van der Waals surface area contributed by atoms with Gasteiger partial charge in [-0.25, -0.2) is 0 Å². The maximum Gasteiger partial charge on any atom is 0.166 e. The molecule has 0 spiro atoms. The molecule has 1 aliphatic carbocycles. The number of benzene rings is 1. The standard InChI is InChI=1S/C15H19NO2/c17-15-13(5-6-16-7-9-18-10-8-16)11-12-3-1-2-4-14(12)15/h1-4,13H,5-11H2/t13-/m0/s1. The van der Waals surface area contributed by atoms with Crippen LogP contribution in [-0.2, 0) is 11.2 Å². The van der Waals surface area contributed by atoms with Gasteiger partial charge in [-0.05, 0) is 24.9 Å². The molecule has 0 unspecified atom stereocenters. The van der Waals surface area contributed by atoms with Gasteiger partial charge >= 0.3 is 0 Å². The van der Waals surface area contributed by atoms with E-state index in [9.17, 15) is 4.79 Å². The summed E-state index contributed by atoms with van der Waals surface area (Å²) < 4.78 is 5.33. The monoisotopic (exact) mass is 245 g/mol. The van der Waals surface area contributed by atoms with E-state index in [2.05, 4.69) is 11.0 Å². The highest BCUT2D eigenvalue weighted by atomic mass is 16.5. The molecule has 2 aliphatic rings. The molecule has 0 N–H and O–H groups in total. The number of morpholine rings is 1. The molecular formula is C15H19NO2. The first kappa shape index (κ1) is 11.9. The lowest BCUT2D eigenvalue weighted by Crippen LogP contribution is -2.37. The Bertz CT molecular complexity index is 438. The van der Waals surface area contributed by atoms with Crippen molar-refractivity contribution in [3.63, 3.8) is 0 Å². The summed E-state index contributed by atoms with van der Waals surface area (Å²) in [6.07, 6.45) is 1.91. The highest BCUT2D eigenvalue weighted by molar-refractivity contribution is 6.02. The maximum atomic E-state index is 12.2. The third-order valence-corrected chi connectivity index (χ3v) is 4.02. The molecule has 96 valence electrons. The number of hydrogen-bond acceptors (Lipinski definition) is 3. The van der Waals surface area contributed by atoms with E-state index in [0.29, 0.717) is 5.78 Å². The van der Waals surface area contributed by atoms with Crippen LogP contribution >= 0.6 is 0 Å². The van der Waals surface area contributed by atoms with Gasteiger partial charge in [-0.15, -0.1) is 0 Å². The van der Waals surface area contributed by atoms with Gasteiger partial charge in [0, 0.05) is 24.6 Å². The van der Waals surface area contributed by atoms with Gasteiger partial charge in [0.2, 0.25) is 0 Å². The minimum absolute atomic E-state index is 0.199. The largest absolute Gasteiger partial charge is 0.379 e. The van der Waals surface area contributed by atoms with E-state index in [1.165, 1.54) is 5.56 Å². The van der Waals surface area contributed by atoms with Gasteiger partial charge in [0.1, 0.15) is 0 Å². The minimum atomic E-state index is 0.199. The number of ketones is 1. The first-order chi connectivity index (χ1) is 8.84. The molecule has 0 aromatic heterocycles. The molecule has 3 rings (SSSR count). The fourth-order valence-corrected chi connectivity index (χ4v) is 2.91. The minimum Gasteiger partial charge on any atom is -0.379 e. The number of ether oxygens (including phenoxy) is 1. The lowest BCUT2D eigenvalue weighted by molar-refractivity contribution is 0.0354. The molecule has 0 amide bonds. The third kappa shape index (κ3) is 2.33. The third-order valence-electron chi connectivity index (χ3n) is 4.02. The Hall–Kier alpha value is -1.19. The molecule has 0 bridgehead atoms. The zero-order valence-electron chi connectivity index (χ0n) is 10.6. The van der Waals surface area contributed by atoms with Crippen LogP contribution in [0.3, 0.4) is 0 Å². The summed E-state index contributed by atoms with van der Waals surface area (Å²) >= 11 is 0. The van der Waals surface area contributed by atoms with Gasteiger partial charge in [-0.1, -0.05) is 24.3 Å². The normalized spacial score (nSPS) is 24.2. The van der Waals surface area contributed by atoms with Crippen LogP contribution in [0.15, 0.2) is 24.3 Å². The second-order valence-corrected chi connectivity index (χ2v) is 5.17. The van der Waals surface area contributed by atoms with E-state index >= 15 is 0 Å². The van der Waals surface area contributed by atoms with E-state index < -0.39 is 0 Å². The van der Waals surface area contributed by atoms with E-state index in [-0.39, 0.29) is 5.92 Å². The Morgan fingerprint density at radius 1 is 1.22 bits per heavy atom. The summed E-state index contributed by atoms with van der Waals surface area (Å²) in [5, 5.41) is 0. The van der Waals surface area contributed by atoms with Crippen LogP contribution < -0.4 is 0 Å². The Balaban J connectivity index is 1.57. The Kier molecular flexibility index (Phi) is 3.43. The fourth-order valence-electron chi connectivity index (χ4n) is 2.91. The second-order valence-electron chi connectivity index (χ2n) is 5.17. The van der Waals surface area contributed by atoms with Crippen LogP contribution in [0.25, 0.3) is 0 Å². The highest BCUT2D eigenvalue weighted by Gasteiger charge is 2.30. The van der Waals surface area contributed by atoms with Crippen LogP contribution in [0.1, 0.15) is 22.3 Å². The first-order valence-electron chi connectivity index (χ1n) is 6.77. The Labute approximate surface area is 108 Å². The van der Waals surface area contributed by atoms with Gasteiger partial charge in [-0.2, -0.15) is 0 Å². The van der Waals surface area contributed by atoms with Gasteiger partial charge < -0.3 is 4.74 Å². The molecule has 1 heterocycles. The predicted octanol–water partition coefficient (Wildman–Crippen LogP) is 1.76. The summed E-state index contributed by atoms with van der Waals surface area (Å²) in [4.78, 5) is 14.6. The first-order valence-corrected chi connectivity index (χ1v) is 6.77. The van der Waals surface area contributed by atoms with Crippen LogP contribution in [0.4, 0.5) is 0 Å². The molecule has 0 saturated carbocycles. The highest BCUT2D eigenvalue weighted by Crippen LogP contribution is 2.28. The zero-order valence-corrected chi connectivity index (χ0v) is 10.6. The van der Waals surface area contributed by atoms with Crippen LogP contribution in [0, 0.1) is 5.92 Å². The van der Waals surface area contributed by atoms with E-state index in [1.807, 2.05) is 18.2 Å². The van der Waals surface area contributed by atoms with Crippen molar-refractivity contribution in [2.75, 3.05) is 32.8 Å². The van der Waals surface area contributed by atoms with Crippen LogP contribution in [0.5, 0.6) is 0 Å². The summed E-state index contributed by atoms with van der Waals surface area (Å²) in [5.41, 5.74) is 2.18. The SMILES string of the molecule is O=C1c2ccccc2C[C@@H]1CCN1CCOCC1. The molecule has 3 nitrogen and oxygen atoms in total. The van der Waals surface area contributed by atoms with Crippen molar-refractivity contribution in [3.05, 3.63) is 35.4 Å². The number of carbonyl (C=O) groups is 1. The van der Waals surface area contributed by atoms with Crippen molar-refractivity contribution in [2.24, 2.45) is 5.92 Å². The van der Waals surface area contributed by atoms with Crippen LogP contribution in [-0.4, -0.2) is 43.5 Å². The molecule has 1 atom stereocenters. The van der Waals surface area contributed by atoms with Crippen molar-refractivity contribution in [2.45, 2.75) is 12.8 Å². The molecular weight excluding hydrogens is 226 g/mol. The van der Waals surface area contributed by atoms with Crippen molar-refractivity contribution < 1.29 is 9.53 Å². The Morgan fingerprint density at radius 2 is 2.00 bits per heavy atom. The average Bonchev–Trinajstić information content (AvgIpc) is 2.75. The smallest absolute Gasteiger partial charge is 0.166 e. The van der Waals surface area contributed by atoms with Gasteiger partial charge in [0.05, 0.1) is 13.2 Å². The van der Waals surface area contributed by atoms with Crippen molar-refractivity contribution in [1.82, 2.24) is 4.90 Å². The lowest BCUT2D eigenvalue weighted by Gasteiger charge is -2.27. The van der Waals surface area contributed by atoms with Crippen molar-refractivity contribution in [3.8, 4) is 0 Å². The van der Waals surface area contributed by atoms with E-state index in [4.69, 9.17) is 4.74 Å². The molecule has 1 aliphatic heterocycles. The van der Waals surface area contributed by atoms with E-state index in [1.54, 1.807) is 0 Å². The predicted molar refractivity (Wildman–Crippen MR) is 69.8 cm³/mol. The molecule has 3 heteroatoms. The molecule has 0 radical (unpaired) electrons. The van der Waals surface area contributed by atoms with Crippen molar-refractivity contribution in [1.29, 1.82) is 0 Å². The maximum absolute atomic E-state index is 12.2. The van der Waals surface area contributed by atoms with Gasteiger partial charge in [0.25, 0.3) is 0 Å². The molecule has 1 fully saturated rings. The number of fused-ring (bicyclic) bond motifs is 1. The summed E-state index contributed by atoms with van der Waals surface area (Å²) in [6.45, 7) is 4.70.